The van der Waals surface area contributed by atoms with Gasteiger partial charge in [-0.25, -0.2) is 0 Å². The second kappa shape index (κ2) is 10.1. The highest BCUT2D eigenvalue weighted by Crippen LogP contribution is 2.12. The van der Waals surface area contributed by atoms with Gasteiger partial charge in [0.15, 0.2) is 0 Å². The molecule has 1 aromatic rings. The van der Waals surface area contributed by atoms with Crippen LogP contribution in [0.5, 0.6) is 5.75 Å². The zero-order valence-electron chi connectivity index (χ0n) is 15.8. The summed E-state index contributed by atoms with van der Waals surface area (Å²) in [6.07, 6.45) is 0.422. The van der Waals surface area contributed by atoms with Gasteiger partial charge in [-0.15, -0.1) is 0 Å². The van der Waals surface area contributed by atoms with E-state index in [-0.39, 0.29) is 30.6 Å². The average Bonchev–Trinajstić information content (AvgIpc) is 2.60. The summed E-state index contributed by atoms with van der Waals surface area (Å²) in [6, 6.07) is 6.84. The van der Waals surface area contributed by atoms with Crippen molar-refractivity contribution in [3.63, 3.8) is 0 Å². The summed E-state index contributed by atoms with van der Waals surface area (Å²) in [5.41, 5.74) is 0.498. The summed E-state index contributed by atoms with van der Waals surface area (Å²) < 4.78 is 11.0. The fourth-order valence-corrected chi connectivity index (χ4v) is 3.01. The van der Waals surface area contributed by atoms with Crippen LogP contribution in [-0.2, 0) is 9.53 Å². The molecule has 0 radical (unpaired) electrons. The monoisotopic (exact) mass is 363 g/mol. The molecule has 2 atom stereocenters. The van der Waals surface area contributed by atoms with E-state index in [0.717, 1.165) is 19.6 Å². The van der Waals surface area contributed by atoms with Gasteiger partial charge in [-0.1, -0.05) is 0 Å². The number of nitrogens with zero attached hydrogens (tertiary/aromatic N) is 1. The van der Waals surface area contributed by atoms with E-state index in [0.29, 0.717) is 24.5 Å². The predicted octanol–water partition coefficient (Wildman–Crippen LogP) is 1.04. The molecule has 2 unspecified atom stereocenters. The van der Waals surface area contributed by atoms with Gasteiger partial charge < -0.3 is 20.1 Å². The number of amides is 2. The van der Waals surface area contributed by atoms with E-state index in [1.165, 1.54) is 0 Å². The SMILES string of the molecule is CCOc1ccc(C(=O)NCC(=O)NCCN2CC(C)OC(C)C2)cc1. The Morgan fingerprint density at radius 3 is 2.42 bits per heavy atom. The molecule has 1 aromatic carbocycles. The molecule has 144 valence electrons. The van der Waals surface area contributed by atoms with Crippen LogP contribution in [0, 0.1) is 0 Å². The summed E-state index contributed by atoms with van der Waals surface area (Å²) in [7, 11) is 0. The second-order valence-electron chi connectivity index (χ2n) is 6.51. The molecule has 0 saturated carbocycles. The normalized spacial score (nSPS) is 20.4. The smallest absolute Gasteiger partial charge is 0.251 e. The van der Waals surface area contributed by atoms with E-state index in [9.17, 15) is 9.59 Å². The zero-order valence-corrected chi connectivity index (χ0v) is 15.8. The first-order valence-electron chi connectivity index (χ1n) is 9.13. The zero-order chi connectivity index (χ0) is 18.9. The van der Waals surface area contributed by atoms with Gasteiger partial charge in [0.25, 0.3) is 5.91 Å². The van der Waals surface area contributed by atoms with E-state index in [4.69, 9.17) is 9.47 Å². The lowest BCUT2D eigenvalue weighted by atomic mass is 10.2. The van der Waals surface area contributed by atoms with Crippen LogP contribution < -0.4 is 15.4 Å². The van der Waals surface area contributed by atoms with Gasteiger partial charge in [0.05, 0.1) is 25.4 Å². The number of hydrogen-bond acceptors (Lipinski definition) is 5. The van der Waals surface area contributed by atoms with Crippen LogP contribution in [-0.4, -0.2) is 68.3 Å². The van der Waals surface area contributed by atoms with Crippen LogP contribution in [0.15, 0.2) is 24.3 Å². The average molecular weight is 363 g/mol. The molecule has 2 N–H and O–H groups in total. The van der Waals surface area contributed by atoms with Crippen molar-refractivity contribution < 1.29 is 19.1 Å². The van der Waals surface area contributed by atoms with E-state index < -0.39 is 0 Å². The molecule has 26 heavy (non-hydrogen) atoms. The molecule has 7 nitrogen and oxygen atoms in total. The summed E-state index contributed by atoms with van der Waals surface area (Å²) in [5.74, 6) is 0.242. The predicted molar refractivity (Wildman–Crippen MR) is 99.4 cm³/mol. The van der Waals surface area contributed by atoms with Gasteiger partial charge >= 0.3 is 0 Å². The molecule has 1 saturated heterocycles. The highest BCUT2D eigenvalue weighted by Gasteiger charge is 2.21. The minimum atomic E-state index is -0.279. The van der Waals surface area contributed by atoms with Crippen LogP contribution in [0.1, 0.15) is 31.1 Å². The lowest BCUT2D eigenvalue weighted by Gasteiger charge is -2.35. The van der Waals surface area contributed by atoms with Gasteiger partial charge in [-0.2, -0.15) is 0 Å². The van der Waals surface area contributed by atoms with Gasteiger partial charge in [-0.3, -0.25) is 14.5 Å². The van der Waals surface area contributed by atoms with E-state index in [2.05, 4.69) is 29.4 Å². The first-order chi connectivity index (χ1) is 12.5. The van der Waals surface area contributed by atoms with Gasteiger partial charge in [0.2, 0.25) is 5.91 Å². The molecular weight excluding hydrogens is 334 g/mol. The fourth-order valence-electron chi connectivity index (χ4n) is 3.01. The van der Waals surface area contributed by atoms with Crippen LogP contribution in [0.3, 0.4) is 0 Å². The number of carbonyl (C=O) groups is 2. The van der Waals surface area contributed by atoms with Crippen molar-refractivity contribution in [2.75, 3.05) is 39.3 Å². The Hall–Kier alpha value is -2.12. The first kappa shape index (κ1) is 20.2. The molecule has 0 aromatic heterocycles. The standard InChI is InChI=1S/C19H29N3O4/c1-4-25-17-7-5-16(6-8-17)19(24)21-11-18(23)20-9-10-22-12-14(2)26-15(3)13-22/h5-8,14-15H,4,9-13H2,1-3H3,(H,20,23)(H,21,24). The molecule has 0 spiro atoms. The van der Waals surface area contributed by atoms with Gasteiger partial charge in [0.1, 0.15) is 5.75 Å². The van der Waals surface area contributed by atoms with Crippen molar-refractivity contribution in [1.29, 1.82) is 0 Å². The third-order valence-electron chi connectivity index (χ3n) is 4.08. The maximum atomic E-state index is 12.1. The van der Waals surface area contributed by atoms with Crippen LogP contribution in [0.2, 0.25) is 0 Å². The molecule has 0 aliphatic carbocycles. The highest BCUT2D eigenvalue weighted by atomic mass is 16.5. The van der Waals surface area contributed by atoms with Crippen LogP contribution >= 0.6 is 0 Å². The Morgan fingerprint density at radius 1 is 1.15 bits per heavy atom. The minimum absolute atomic E-state index is 0.0397. The molecule has 7 heteroatoms. The number of rotatable bonds is 8. The maximum Gasteiger partial charge on any atom is 0.251 e. The molecular formula is C19H29N3O4. The Labute approximate surface area is 155 Å². The molecule has 2 amide bonds. The largest absolute Gasteiger partial charge is 0.494 e. The number of carbonyl (C=O) groups excluding carboxylic acids is 2. The Kier molecular flexibility index (Phi) is 7.87. The van der Waals surface area contributed by atoms with E-state index in [1.807, 2.05) is 6.92 Å². The van der Waals surface area contributed by atoms with Crippen LogP contribution in [0.25, 0.3) is 0 Å². The Morgan fingerprint density at radius 2 is 1.81 bits per heavy atom. The molecule has 1 aliphatic rings. The summed E-state index contributed by atoms with van der Waals surface area (Å²) in [6.45, 7) is 9.61. The summed E-state index contributed by atoms with van der Waals surface area (Å²) in [4.78, 5) is 26.2. The number of nitrogens with one attached hydrogen (secondary N) is 2. The third-order valence-corrected chi connectivity index (χ3v) is 4.08. The molecule has 1 heterocycles. The minimum Gasteiger partial charge on any atom is -0.494 e. The van der Waals surface area contributed by atoms with Crippen molar-refractivity contribution in [3.05, 3.63) is 29.8 Å². The third kappa shape index (κ3) is 6.65. The topological polar surface area (TPSA) is 79.9 Å². The number of ether oxygens (including phenoxy) is 2. The Bertz CT molecular complexity index is 581. The molecule has 1 aliphatic heterocycles. The lowest BCUT2D eigenvalue weighted by Crippen LogP contribution is -2.48. The first-order valence-corrected chi connectivity index (χ1v) is 9.13. The van der Waals surface area contributed by atoms with E-state index in [1.54, 1.807) is 24.3 Å². The highest BCUT2D eigenvalue weighted by molar-refractivity contribution is 5.96. The fraction of sp³-hybridized carbons (Fsp3) is 0.579. The molecule has 0 bridgehead atoms. The quantitative estimate of drug-likeness (QED) is 0.721. The number of hydrogen-bond donors (Lipinski definition) is 2. The van der Waals surface area contributed by atoms with Crippen molar-refractivity contribution in [1.82, 2.24) is 15.5 Å². The van der Waals surface area contributed by atoms with Crippen molar-refractivity contribution in [2.45, 2.75) is 33.0 Å². The number of benzene rings is 1. The van der Waals surface area contributed by atoms with E-state index >= 15 is 0 Å². The van der Waals surface area contributed by atoms with Crippen molar-refractivity contribution in [3.8, 4) is 5.75 Å². The lowest BCUT2D eigenvalue weighted by molar-refractivity contribution is -0.120. The van der Waals surface area contributed by atoms with Crippen molar-refractivity contribution >= 4 is 11.8 Å². The molecule has 1 fully saturated rings. The van der Waals surface area contributed by atoms with Crippen LogP contribution in [0.4, 0.5) is 0 Å². The summed E-state index contributed by atoms with van der Waals surface area (Å²) >= 11 is 0. The van der Waals surface area contributed by atoms with Crippen molar-refractivity contribution in [2.24, 2.45) is 0 Å². The number of morpholine rings is 1. The summed E-state index contributed by atoms with van der Waals surface area (Å²) in [5, 5.41) is 5.46. The maximum absolute atomic E-state index is 12.1. The van der Waals surface area contributed by atoms with Gasteiger partial charge in [0, 0.05) is 31.7 Å². The Balaban J connectivity index is 1.65. The molecule has 2 rings (SSSR count). The van der Waals surface area contributed by atoms with Gasteiger partial charge in [-0.05, 0) is 45.0 Å². The second-order valence-corrected chi connectivity index (χ2v) is 6.51.